The van der Waals surface area contributed by atoms with Gasteiger partial charge in [-0.1, -0.05) is 38.7 Å². The zero-order valence-electron chi connectivity index (χ0n) is 10.5. The fourth-order valence-electron chi connectivity index (χ4n) is 1.33. The molecule has 0 saturated heterocycles. The molecule has 1 N–H and O–H groups in total. The molecule has 0 fully saturated rings. The van der Waals surface area contributed by atoms with Gasteiger partial charge in [0.2, 0.25) is 0 Å². The van der Waals surface area contributed by atoms with Gasteiger partial charge in [-0.3, -0.25) is 0 Å². The molecular weight excluding hydrogens is 182 g/mol. The molecule has 1 nitrogen and oxygen atoms in total. The summed E-state index contributed by atoms with van der Waals surface area (Å²) in [7, 11) is 0. The van der Waals surface area contributed by atoms with Crippen LogP contribution in [0.5, 0.6) is 0 Å². The molecular formula is C14H25N. The molecule has 0 aliphatic carbocycles. The van der Waals surface area contributed by atoms with Gasteiger partial charge in [-0.15, -0.1) is 6.58 Å². The molecule has 0 amide bonds. The Morgan fingerprint density at radius 3 is 2.33 bits per heavy atom. The predicted octanol–water partition coefficient (Wildman–Crippen LogP) is 4.05. The predicted molar refractivity (Wildman–Crippen MR) is 69.8 cm³/mol. The lowest BCUT2D eigenvalue weighted by Gasteiger charge is -2.20. The Balaban J connectivity index is 3.99. The van der Waals surface area contributed by atoms with Crippen LogP contribution in [0.15, 0.2) is 37.1 Å². The van der Waals surface area contributed by atoms with Crippen LogP contribution in [0.25, 0.3) is 0 Å². The number of hydrogen-bond donors (Lipinski definition) is 1. The van der Waals surface area contributed by atoms with Gasteiger partial charge in [0.25, 0.3) is 0 Å². The summed E-state index contributed by atoms with van der Waals surface area (Å²) in [5.41, 5.74) is 2.25. The molecule has 0 aromatic heterocycles. The van der Waals surface area contributed by atoms with Crippen LogP contribution in [0.1, 0.15) is 40.0 Å². The SMILES string of the molecule is C=CCC(NC(=C)CCC(C)C)C(=C)C. The van der Waals surface area contributed by atoms with Crippen LogP contribution >= 0.6 is 0 Å². The van der Waals surface area contributed by atoms with Crippen molar-refractivity contribution in [1.29, 1.82) is 0 Å². The van der Waals surface area contributed by atoms with Crippen molar-refractivity contribution in [1.82, 2.24) is 5.32 Å². The molecule has 15 heavy (non-hydrogen) atoms. The molecule has 0 bridgehead atoms. The van der Waals surface area contributed by atoms with Crippen LogP contribution in [-0.4, -0.2) is 6.04 Å². The van der Waals surface area contributed by atoms with Gasteiger partial charge in [0.05, 0.1) is 0 Å². The minimum absolute atomic E-state index is 0.294. The molecule has 0 radical (unpaired) electrons. The van der Waals surface area contributed by atoms with Gasteiger partial charge < -0.3 is 5.32 Å². The van der Waals surface area contributed by atoms with Crippen LogP contribution in [-0.2, 0) is 0 Å². The van der Waals surface area contributed by atoms with E-state index in [4.69, 9.17) is 0 Å². The van der Waals surface area contributed by atoms with Gasteiger partial charge >= 0.3 is 0 Å². The van der Waals surface area contributed by atoms with Gasteiger partial charge in [0.1, 0.15) is 0 Å². The van der Waals surface area contributed by atoms with Crippen molar-refractivity contribution in [3.63, 3.8) is 0 Å². The number of nitrogens with one attached hydrogen (secondary N) is 1. The topological polar surface area (TPSA) is 12.0 Å². The molecule has 0 saturated carbocycles. The number of hydrogen-bond acceptors (Lipinski definition) is 1. The van der Waals surface area contributed by atoms with E-state index in [9.17, 15) is 0 Å². The van der Waals surface area contributed by atoms with Crippen LogP contribution in [0, 0.1) is 5.92 Å². The van der Waals surface area contributed by atoms with Crippen LogP contribution in [0.3, 0.4) is 0 Å². The average Bonchev–Trinajstić information content (AvgIpc) is 2.14. The standard InChI is InChI=1S/C14H25N/c1-7-8-14(12(4)5)15-13(6)10-9-11(2)3/h7,11,14-15H,1,4,6,8-10H2,2-3,5H3. The molecule has 0 aliphatic heterocycles. The smallest absolute Gasteiger partial charge is 0.0499 e. The Hall–Kier alpha value is -0.980. The molecule has 1 atom stereocenters. The van der Waals surface area contributed by atoms with Crippen molar-refractivity contribution in [3.05, 3.63) is 37.1 Å². The first kappa shape index (κ1) is 14.0. The van der Waals surface area contributed by atoms with Crippen LogP contribution in [0.4, 0.5) is 0 Å². The van der Waals surface area contributed by atoms with E-state index in [2.05, 4.69) is 38.9 Å². The zero-order chi connectivity index (χ0) is 11.8. The monoisotopic (exact) mass is 207 g/mol. The van der Waals surface area contributed by atoms with Crippen LogP contribution < -0.4 is 5.32 Å². The molecule has 1 heteroatoms. The quantitative estimate of drug-likeness (QED) is 0.592. The summed E-state index contributed by atoms with van der Waals surface area (Å²) < 4.78 is 0. The third-order valence-electron chi connectivity index (χ3n) is 2.40. The Labute approximate surface area is 95.0 Å². The van der Waals surface area contributed by atoms with E-state index < -0.39 is 0 Å². The molecule has 0 aromatic rings. The highest BCUT2D eigenvalue weighted by Crippen LogP contribution is 2.11. The van der Waals surface area contributed by atoms with Gasteiger partial charge in [-0.05, 0) is 32.1 Å². The lowest BCUT2D eigenvalue weighted by Crippen LogP contribution is -2.28. The van der Waals surface area contributed by atoms with Crippen molar-refractivity contribution >= 4 is 0 Å². The summed E-state index contributed by atoms with van der Waals surface area (Å²) in [5, 5.41) is 3.41. The molecule has 0 aliphatic rings. The fraction of sp³-hybridized carbons (Fsp3) is 0.571. The van der Waals surface area contributed by atoms with Gasteiger partial charge in [-0.25, -0.2) is 0 Å². The first-order chi connectivity index (χ1) is 6.97. The Morgan fingerprint density at radius 2 is 1.93 bits per heavy atom. The number of allylic oxidation sites excluding steroid dienone is 1. The molecule has 0 heterocycles. The summed E-state index contributed by atoms with van der Waals surface area (Å²) >= 11 is 0. The third-order valence-corrected chi connectivity index (χ3v) is 2.40. The highest BCUT2D eigenvalue weighted by molar-refractivity contribution is 5.09. The second kappa shape index (κ2) is 7.33. The molecule has 1 unspecified atom stereocenters. The Bertz CT molecular complexity index is 225. The summed E-state index contributed by atoms with van der Waals surface area (Å²) in [6.45, 7) is 18.3. The lowest BCUT2D eigenvalue weighted by molar-refractivity contribution is 0.549. The second-order valence-electron chi connectivity index (χ2n) is 4.60. The van der Waals surface area contributed by atoms with E-state index in [-0.39, 0.29) is 0 Å². The number of rotatable bonds is 8. The van der Waals surface area contributed by atoms with E-state index in [1.807, 2.05) is 13.0 Å². The minimum Gasteiger partial charge on any atom is -0.382 e. The van der Waals surface area contributed by atoms with Gasteiger partial charge in [0, 0.05) is 11.7 Å². The van der Waals surface area contributed by atoms with E-state index in [1.54, 1.807) is 0 Å². The van der Waals surface area contributed by atoms with E-state index >= 15 is 0 Å². The summed E-state index contributed by atoms with van der Waals surface area (Å²) in [6.07, 6.45) is 5.06. The second-order valence-corrected chi connectivity index (χ2v) is 4.60. The maximum absolute atomic E-state index is 4.04. The molecule has 0 spiro atoms. The largest absolute Gasteiger partial charge is 0.382 e. The lowest BCUT2D eigenvalue weighted by atomic mass is 10.0. The molecule has 0 aromatic carbocycles. The van der Waals surface area contributed by atoms with E-state index in [0.29, 0.717) is 6.04 Å². The minimum atomic E-state index is 0.294. The zero-order valence-corrected chi connectivity index (χ0v) is 10.5. The van der Waals surface area contributed by atoms with Crippen molar-refractivity contribution in [2.24, 2.45) is 5.92 Å². The highest BCUT2D eigenvalue weighted by atomic mass is 14.9. The maximum Gasteiger partial charge on any atom is 0.0499 e. The summed E-state index contributed by atoms with van der Waals surface area (Å²) in [6, 6.07) is 0.294. The van der Waals surface area contributed by atoms with Crippen molar-refractivity contribution < 1.29 is 0 Å². The van der Waals surface area contributed by atoms with E-state index in [0.717, 1.165) is 30.0 Å². The van der Waals surface area contributed by atoms with Crippen molar-refractivity contribution in [3.8, 4) is 0 Å². The maximum atomic E-state index is 4.04. The molecule has 0 rings (SSSR count). The highest BCUT2D eigenvalue weighted by Gasteiger charge is 2.07. The van der Waals surface area contributed by atoms with Crippen molar-refractivity contribution in [2.75, 3.05) is 0 Å². The summed E-state index contributed by atoms with van der Waals surface area (Å²) in [5.74, 6) is 0.728. The van der Waals surface area contributed by atoms with Crippen molar-refractivity contribution in [2.45, 2.75) is 46.1 Å². The average molecular weight is 207 g/mol. The molecule has 86 valence electrons. The normalized spacial score (nSPS) is 12.3. The van der Waals surface area contributed by atoms with Gasteiger partial charge in [-0.2, -0.15) is 0 Å². The fourth-order valence-corrected chi connectivity index (χ4v) is 1.33. The van der Waals surface area contributed by atoms with Gasteiger partial charge in [0.15, 0.2) is 0 Å². The van der Waals surface area contributed by atoms with Crippen LogP contribution in [0.2, 0.25) is 0 Å². The first-order valence-electron chi connectivity index (χ1n) is 5.68. The first-order valence-corrected chi connectivity index (χ1v) is 5.68. The van der Waals surface area contributed by atoms with E-state index in [1.165, 1.54) is 6.42 Å². The Kier molecular flexibility index (Phi) is 6.85. The third kappa shape index (κ3) is 7.01. The Morgan fingerprint density at radius 1 is 1.33 bits per heavy atom. The summed E-state index contributed by atoms with van der Waals surface area (Å²) in [4.78, 5) is 0.